The van der Waals surface area contributed by atoms with Crippen LogP contribution in [0.2, 0.25) is 0 Å². The van der Waals surface area contributed by atoms with E-state index in [4.69, 9.17) is 10.5 Å². The summed E-state index contributed by atoms with van der Waals surface area (Å²) >= 11 is 0. The van der Waals surface area contributed by atoms with Gasteiger partial charge >= 0.3 is 0 Å². The lowest BCUT2D eigenvalue weighted by atomic mass is 9.92. The van der Waals surface area contributed by atoms with Gasteiger partial charge < -0.3 is 15.4 Å². The lowest BCUT2D eigenvalue weighted by Gasteiger charge is -2.34. The second kappa shape index (κ2) is 6.75. The number of carbonyl (C=O) groups excluding carboxylic acids is 1. The molecule has 1 heterocycles. The monoisotopic (exact) mass is 276 g/mol. The molecule has 0 unspecified atom stereocenters. The highest BCUT2D eigenvalue weighted by Gasteiger charge is 2.25. The summed E-state index contributed by atoms with van der Waals surface area (Å²) < 4.78 is 5.63. The maximum absolute atomic E-state index is 12.2. The van der Waals surface area contributed by atoms with Gasteiger partial charge in [0, 0.05) is 19.1 Å². The second-order valence-corrected chi connectivity index (χ2v) is 5.66. The van der Waals surface area contributed by atoms with E-state index in [0.29, 0.717) is 5.92 Å². The molecular weight excluding hydrogens is 252 g/mol. The lowest BCUT2D eigenvalue weighted by molar-refractivity contribution is -0.135. The fraction of sp³-hybridized carbons (Fsp3) is 0.562. The van der Waals surface area contributed by atoms with Gasteiger partial charge in [-0.05, 0) is 44.2 Å². The molecule has 4 nitrogen and oxygen atoms in total. The van der Waals surface area contributed by atoms with Crippen LogP contribution in [0.15, 0.2) is 24.3 Å². The van der Waals surface area contributed by atoms with Crippen molar-refractivity contribution in [1.29, 1.82) is 0 Å². The van der Waals surface area contributed by atoms with Gasteiger partial charge in [0.15, 0.2) is 6.61 Å². The Kier molecular flexibility index (Phi) is 5.01. The Morgan fingerprint density at radius 1 is 1.50 bits per heavy atom. The Morgan fingerprint density at radius 2 is 2.25 bits per heavy atom. The molecule has 0 aromatic heterocycles. The largest absolute Gasteiger partial charge is 0.484 e. The number of rotatable bonds is 4. The van der Waals surface area contributed by atoms with Crippen LogP contribution in [0.25, 0.3) is 0 Å². The van der Waals surface area contributed by atoms with E-state index in [-0.39, 0.29) is 18.6 Å². The quantitative estimate of drug-likeness (QED) is 0.914. The third-order valence-electron chi connectivity index (χ3n) is 4.00. The number of carbonyl (C=O) groups is 1. The number of benzene rings is 1. The zero-order chi connectivity index (χ0) is 14.5. The first-order valence-electron chi connectivity index (χ1n) is 7.29. The first-order chi connectivity index (χ1) is 9.58. The minimum atomic E-state index is 0.0543. The predicted octanol–water partition coefficient (Wildman–Crippen LogP) is 1.96. The number of para-hydroxylation sites is 1. The second-order valence-electron chi connectivity index (χ2n) is 5.66. The van der Waals surface area contributed by atoms with Gasteiger partial charge in [-0.25, -0.2) is 0 Å². The van der Waals surface area contributed by atoms with E-state index in [1.165, 1.54) is 0 Å². The van der Waals surface area contributed by atoms with Crippen LogP contribution < -0.4 is 10.5 Å². The summed E-state index contributed by atoms with van der Waals surface area (Å²) in [6, 6.07) is 7.89. The van der Waals surface area contributed by atoms with Crippen LogP contribution in [0.1, 0.15) is 25.3 Å². The summed E-state index contributed by atoms with van der Waals surface area (Å²) in [5.74, 6) is 1.24. The third-order valence-corrected chi connectivity index (χ3v) is 4.00. The highest BCUT2D eigenvalue weighted by molar-refractivity contribution is 5.77. The number of aryl methyl sites for hydroxylation is 1. The summed E-state index contributed by atoms with van der Waals surface area (Å²) in [5, 5.41) is 0. The van der Waals surface area contributed by atoms with E-state index in [0.717, 1.165) is 37.2 Å². The molecule has 4 heteroatoms. The maximum atomic E-state index is 12.2. The van der Waals surface area contributed by atoms with Crippen molar-refractivity contribution in [3.05, 3.63) is 29.8 Å². The van der Waals surface area contributed by atoms with Gasteiger partial charge in [0.05, 0.1) is 0 Å². The highest BCUT2D eigenvalue weighted by Crippen LogP contribution is 2.20. The molecule has 1 aliphatic heterocycles. The number of amides is 1. The standard InChI is InChI=1S/C16H24N2O2/c1-12-6-3-4-8-15(12)20-11-16(19)18-9-5-7-14(10-18)13(2)17/h3-4,6,8,13-14H,5,7,9-11,17H2,1-2H3/t13-,14+/m1/s1. The van der Waals surface area contributed by atoms with Crippen LogP contribution in [0.4, 0.5) is 0 Å². The van der Waals surface area contributed by atoms with E-state index in [9.17, 15) is 4.79 Å². The number of hydrogen-bond acceptors (Lipinski definition) is 3. The topological polar surface area (TPSA) is 55.6 Å². The number of piperidine rings is 1. The maximum Gasteiger partial charge on any atom is 0.260 e. The predicted molar refractivity (Wildman–Crippen MR) is 79.6 cm³/mol. The van der Waals surface area contributed by atoms with Crippen LogP contribution in [-0.4, -0.2) is 36.5 Å². The Morgan fingerprint density at radius 3 is 2.95 bits per heavy atom. The SMILES string of the molecule is Cc1ccccc1OCC(=O)N1CCC[C@H]([C@@H](C)N)C1. The number of ether oxygens (including phenoxy) is 1. The molecule has 0 spiro atoms. The average molecular weight is 276 g/mol. The molecule has 1 fully saturated rings. The van der Waals surface area contributed by atoms with Crippen molar-refractivity contribution in [3.63, 3.8) is 0 Å². The van der Waals surface area contributed by atoms with Crippen molar-refractivity contribution >= 4 is 5.91 Å². The smallest absolute Gasteiger partial charge is 0.260 e. The molecule has 20 heavy (non-hydrogen) atoms. The fourth-order valence-electron chi connectivity index (χ4n) is 2.61. The molecule has 1 amide bonds. The first kappa shape index (κ1) is 14.9. The van der Waals surface area contributed by atoms with Crippen molar-refractivity contribution in [2.75, 3.05) is 19.7 Å². The number of likely N-dealkylation sites (tertiary alicyclic amines) is 1. The molecule has 2 N–H and O–H groups in total. The zero-order valence-electron chi connectivity index (χ0n) is 12.3. The Bertz CT molecular complexity index is 460. The van der Waals surface area contributed by atoms with Gasteiger partial charge in [0.1, 0.15) is 5.75 Å². The number of nitrogens with two attached hydrogens (primary N) is 1. The van der Waals surface area contributed by atoms with Crippen LogP contribution in [0.5, 0.6) is 5.75 Å². The van der Waals surface area contributed by atoms with E-state index >= 15 is 0 Å². The van der Waals surface area contributed by atoms with Gasteiger partial charge in [-0.2, -0.15) is 0 Å². The molecule has 1 saturated heterocycles. The molecule has 2 atom stereocenters. The summed E-state index contributed by atoms with van der Waals surface area (Å²) in [5.41, 5.74) is 6.99. The van der Waals surface area contributed by atoms with E-state index in [1.807, 2.05) is 43.0 Å². The van der Waals surface area contributed by atoms with Crippen molar-refractivity contribution in [3.8, 4) is 5.75 Å². The van der Waals surface area contributed by atoms with Crippen molar-refractivity contribution in [2.24, 2.45) is 11.7 Å². The molecule has 0 saturated carbocycles. The van der Waals surface area contributed by atoms with E-state index < -0.39 is 0 Å². The molecule has 2 rings (SSSR count). The minimum Gasteiger partial charge on any atom is -0.484 e. The molecule has 1 aromatic carbocycles. The minimum absolute atomic E-state index is 0.0543. The van der Waals surface area contributed by atoms with Gasteiger partial charge in [-0.3, -0.25) is 4.79 Å². The van der Waals surface area contributed by atoms with Crippen molar-refractivity contribution < 1.29 is 9.53 Å². The van der Waals surface area contributed by atoms with Gasteiger partial charge in [-0.15, -0.1) is 0 Å². The Labute approximate surface area is 120 Å². The molecule has 1 aliphatic rings. The van der Waals surface area contributed by atoms with Crippen LogP contribution >= 0.6 is 0 Å². The molecule has 1 aromatic rings. The summed E-state index contributed by atoms with van der Waals surface area (Å²) in [6.45, 7) is 5.68. The Hall–Kier alpha value is -1.55. The zero-order valence-corrected chi connectivity index (χ0v) is 12.3. The molecule has 0 aliphatic carbocycles. The van der Waals surface area contributed by atoms with Crippen LogP contribution in [0.3, 0.4) is 0 Å². The molecule has 0 bridgehead atoms. The van der Waals surface area contributed by atoms with Crippen molar-refractivity contribution in [2.45, 2.75) is 32.7 Å². The lowest BCUT2D eigenvalue weighted by Crippen LogP contribution is -2.46. The normalized spacial score (nSPS) is 20.6. The van der Waals surface area contributed by atoms with Gasteiger partial charge in [-0.1, -0.05) is 18.2 Å². The fourth-order valence-corrected chi connectivity index (χ4v) is 2.61. The molecule has 0 radical (unpaired) electrons. The number of hydrogen-bond donors (Lipinski definition) is 1. The van der Waals surface area contributed by atoms with Gasteiger partial charge in [0.2, 0.25) is 0 Å². The Balaban J connectivity index is 1.87. The third kappa shape index (κ3) is 3.73. The average Bonchev–Trinajstić information content (AvgIpc) is 2.46. The summed E-state index contributed by atoms with van der Waals surface area (Å²) in [7, 11) is 0. The van der Waals surface area contributed by atoms with E-state index in [2.05, 4.69) is 0 Å². The van der Waals surface area contributed by atoms with Crippen LogP contribution in [-0.2, 0) is 4.79 Å². The van der Waals surface area contributed by atoms with Gasteiger partial charge in [0.25, 0.3) is 5.91 Å². The van der Waals surface area contributed by atoms with E-state index in [1.54, 1.807) is 0 Å². The first-order valence-corrected chi connectivity index (χ1v) is 7.29. The van der Waals surface area contributed by atoms with Crippen LogP contribution in [0, 0.1) is 12.8 Å². The highest BCUT2D eigenvalue weighted by atomic mass is 16.5. The summed E-state index contributed by atoms with van der Waals surface area (Å²) in [6.07, 6.45) is 2.14. The van der Waals surface area contributed by atoms with Crippen molar-refractivity contribution in [1.82, 2.24) is 4.90 Å². The summed E-state index contributed by atoms with van der Waals surface area (Å²) in [4.78, 5) is 14.1. The molecular formula is C16H24N2O2. The molecule has 110 valence electrons. The number of nitrogens with zero attached hydrogens (tertiary/aromatic N) is 1.